The maximum absolute atomic E-state index is 12.9. The monoisotopic (exact) mass is 652 g/mol. The number of hydrogen-bond acceptors (Lipinski definition) is 6. The molecule has 0 aromatic heterocycles. The normalized spacial score (nSPS) is 12.1. The maximum atomic E-state index is 12.9. The molecular weight excluding hydrogens is 626 g/mol. The molecule has 0 fully saturated rings. The van der Waals surface area contributed by atoms with Gasteiger partial charge in [-0.3, -0.25) is 9.59 Å². The Bertz CT molecular complexity index is 1300. The number of benzene rings is 3. The second-order valence-electron chi connectivity index (χ2n) is 8.97. The molecule has 0 heterocycles. The highest BCUT2D eigenvalue weighted by Crippen LogP contribution is 2.25. The van der Waals surface area contributed by atoms with E-state index in [1.807, 2.05) is 0 Å². The van der Waals surface area contributed by atoms with Gasteiger partial charge in [-0.1, -0.05) is 82.8 Å². The number of hydrogen-bond donors (Lipinski definition) is 2. The predicted molar refractivity (Wildman–Crippen MR) is 163 cm³/mol. The van der Waals surface area contributed by atoms with Gasteiger partial charge in [-0.15, -0.1) is 0 Å². The van der Waals surface area contributed by atoms with Gasteiger partial charge < -0.3 is 20.1 Å². The van der Waals surface area contributed by atoms with Crippen LogP contribution in [0.5, 0.6) is 0 Å². The van der Waals surface area contributed by atoms with E-state index in [1.54, 1.807) is 50.2 Å². The molecule has 3 aromatic carbocycles. The first-order chi connectivity index (χ1) is 20.0. The molecule has 3 aromatic rings. The summed E-state index contributed by atoms with van der Waals surface area (Å²) in [4.78, 5) is 51.3. The molecule has 0 aliphatic heterocycles. The van der Waals surface area contributed by atoms with Crippen LogP contribution in [0.15, 0.2) is 60.7 Å². The first-order valence-corrected chi connectivity index (χ1v) is 14.5. The van der Waals surface area contributed by atoms with Gasteiger partial charge in [0.2, 0.25) is 0 Å². The third kappa shape index (κ3) is 8.85. The van der Waals surface area contributed by atoms with Crippen molar-refractivity contribution < 1.29 is 28.7 Å². The fourth-order valence-corrected chi connectivity index (χ4v) is 5.18. The number of esters is 2. The van der Waals surface area contributed by atoms with E-state index in [0.29, 0.717) is 11.1 Å². The van der Waals surface area contributed by atoms with E-state index in [2.05, 4.69) is 10.6 Å². The minimum absolute atomic E-state index is 0.0515. The third-order valence-corrected chi connectivity index (χ3v) is 7.30. The highest BCUT2D eigenvalue weighted by Gasteiger charge is 2.27. The summed E-state index contributed by atoms with van der Waals surface area (Å²) in [7, 11) is 0. The quantitative estimate of drug-likeness (QED) is 0.228. The van der Waals surface area contributed by atoms with E-state index in [1.165, 1.54) is 24.3 Å². The standard InChI is InChI=1S/C30H28Cl4N2O6/c1-3-41-29(39)23(35-27(37)25-19(31)7-5-8-20(25)32)15-17-11-13-18(14-12-17)16-24(30(40)42-4-2)36-28(38)26-21(33)9-6-10-22(26)34/h5-14,23-24H,3-4,15-16H2,1-2H3,(H,35,37)(H,36,38). The SMILES string of the molecule is CCOC(=O)C(Cc1ccc(CC(NC(=O)c2c(Cl)cccc2Cl)C(=O)OCC)cc1)NC(=O)c1c(Cl)cccc1Cl. The van der Waals surface area contributed by atoms with Crippen LogP contribution >= 0.6 is 46.4 Å². The zero-order valence-electron chi connectivity index (χ0n) is 22.7. The van der Waals surface area contributed by atoms with Crippen LogP contribution in [0.2, 0.25) is 20.1 Å². The van der Waals surface area contributed by atoms with Gasteiger partial charge in [0.15, 0.2) is 0 Å². The molecular formula is C30H28Cl4N2O6. The van der Waals surface area contributed by atoms with E-state index in [-0.39, 0.29) is 57.3 Å². The lowest BCUT2D eigenvalue weighted by Crippen LogP contribution is -2.44. The van der Waals surface area contributed by atoms with Crippen LogP contribution in [0, 0.1) is 0 Å². The summed E-state index contributed by atoms with van der Waals surface area (Å²) in [6.07, 6.45) is 0.214. The summed E-state index contributed by atoms with van der Waals surface area (Å²) in [5, 5.41) is 5.90. The summed E-state index contributed by atoms with van der Waals surface area (Å²) in [5.41, 5.74) is 1.50. The molecule has 2 atom stereocenters. The summed E-state index contributed by atoms with van der Waals surface area (Å²) in [6, 6.07) is 14.2. The van der Waals surface area contributed by atoms with Gasteiger partial charge in [-0.2, -0.15) is 0 Å². The van der Waals surface area contributed by atoms with Crippen molar-refractivity contribution in [2.75, 3.05) is 13.2 Å². The van der Waals surface area contributed by atoms with Crippen molar-refractivity contribution in [1.29, 1.82) is 0 Å². The lowest BCUT2D eigenvalue weighted by atomic mass is 10.00. The van der Waals surface area contributed by atoms with E-state index in [0.717, 1.165) is 0 Å². The molecule has 0 saturated carbocycles. The Balaban J connectivity index is 1.77. The van der Waals surface area contributed by atoms with Crippen molar-refractivity contribution in [2.45, 2.75) is 38.8 Å². The Hall–Kier alpha value is -3.30. The molecule has 0 bridgehead atoms. The number of amides is 2. The van der Waals surface area contributed by atoms with E-state index in [9.17, 15) is 19.2 Å². The molecule has 0 aliphatic rings. The van der Waals surface area contributed by atoms with Gasteiger partial charge in [-0.05, 0) is 49.2 Å². The molecule has 0 aliphatic carbocycles. The third-order valence-electron chi connectivity index (χ3n) is 6.04. The summed E-state index contributed by atoms with van der Waals surface area (Å²) < 4.78 is 10.3. The number of rotatable bonds is 12. The smallest absolute Gasteiger partial charge is 0.328 e. The van der Waals surface area contributed by atoms with Crippen LogP contribution in [0.1, 0.15) is 45.7 Å². The van der Waals surface area contributed by atoms with Gasteiger partial charge in [-0.25, -0.2) is 9.59 Å². The number of nitrogens with one attached hydrogen (secondary N) is 2. The van der Waals surface area contributed by atoms with E-state index in [4.69, 9.17) is 55.9 Å². The lowest BCUT2D eigenvalue weighted by molar-refractivity contribution is -0.146. The minimum atomic E-state index is -1.03. The van der Waals surface area contributed by atoms with Crippen LogP contribution in [-0.4, -0.2) is 49.1 Å². The average molecular weight is 654 g/mol. The van der Waals surface area contributed by atoms with Crippen molar-refractivity contribution in [2.24, 2.45) is 0 Å². The van der Waals surface area contributed by atoms with E-state index < -0.39 is 35.8 Å². The van der Waals surface area contributed by atoms with E-state index >= 15 is 0 Å². The predicted octanol–water partition coefficient (Wildman–Crippen LogP) is 6.11. The first kappa shape index (κ1) is 33.2. The Morgan fingerprint density at radius 1 is 0.595 bits per heavy atom. The molecule has 42 heavy (non-hydrogen) atoms. The molecule has 222 valence electrons. The zero-order valence-corrected chi connectivity index (χ0v) is 25.7. The number of carbonyl (C=O) groups excluding carboxylic acids is 4. The Morgan fingerprint density at radius 3 is 1.19 bits per heavy atom. The number of carbonyl (C=O) groups is 4. The van der Waals surface area contributed by atoms with Gasteiger partial charge in [0.1, 0.15) is 12.1 Å². The second kappa shape index (κ2) is 15.8. The van der Waals surface area contributed by atoms with Crippen LogP contribution in [0.3, 0.4) is 0 Å². The summed E-state index contributed by atoms with van der Waals surface area (Å²) >= 11 is 24.6. The molecule has 2 unspecified atom stereocenters. The topological polar surface area (TPSA) is 111 Å². The molecule has 2 N–H and O–H groups in total. The van der Waals surface area contributed by atoms with Gasteiger partial charge >= 0.3 is 11.9 Å². The second-order valence-corrected chi connectivity index (χ2v) is 10.6. The summed E-state index contributed by atoms with van der Waals surface area (Å²) in [5.74, 6) is -2.48. The van der Waals surface area contributed by atoms with Crippen LogP contribution in [0.4, 0.5) is 0 Å². The number of halogens is 4. The maximum Gasteiger partial charge on any atom is 0.328 e. The van der Waals surface area contributed by atoms with Crippen molar-refractivity contribution in [3.8, 4) is 0 Å². The fraction of sp³-hybridized carbons (Fsp3) is 0.267. The first-order valence-electron chi connectivity index (χ1n) is 13.0. The molecule has 0 spiro atoms. The van der Waals surface area contributed by atoms with Crippen LogP contribution < -0.4 is 10.6 Å². The fourth-order valence-electron chi connectivity index (χ4n) is 4.05. The molecule has 12 heteroatoms. The van der Waals surface area contributed by atoms with Crippen molar-refractivity contribution in [1.82, 2.24) is 10.6 Å². The van der Waals surface area contributed by atoms with Gasteiger partial charge in [0.05, 0.1) is 44.4 Å². The van der Waals surface area contributed by atoms with Crippen molar-refractivity contribution >= 4 is 70.2 Å². The van der Waals surface area contributed by atoms with Crippen LogP contribution in [0.25, 0.3) is 0 Å². The Labute approximate surface area is 263 Å². The van der Waals surface area contributed by atoms with Crippen LogP contribution in [-0.2, 0) is 31.9 Å². The molecule has 3 rings (SSSR count). The Kier molecular flexibility index (Phi) is 12.5. The summed E-state index contributed by atoms with van der Waals surface area (Å²) in [6.45, 7) is 3.57. The lowest BCUT2D eigenvalue weighted by Gasteiger charge is -2.20. The van der Waals surface area contributed by atoms with Gasteiger partial charge in [0, 0.05) is 12.8 Å². The highest BCUT2D eigenvalue weighted by molar-refractivity contribution is 6.40. The average Bonchev–Trinajstić information content (AvgIpc) is 2.93. The zero-order chi connectivity index (χ0) is 30.8. The molecule has 8 nitrogen and oxygen atoms in total. The number of ether oxygens (including phenoxy) is 2. The largest absolute Gasteiger partial charge is 0.464 e. The molecule has 2 amide bonds. The Morgan fingerprint density at radius 2 is 0.905 bits per heavy atom. The van der Waals surface area contributed by atoms with Gasteiger partial charge in [0.25, 0.3) is 11.8 Å². The minimum Gasteiger partial charge on any atom is -0.464 e. The van der Waals surface area contributed by atoms with Crippen molar-refractivity contribution in [3.05, 3.63) is 103 Å². The molecule has 0 radical (unpaired) electrons. The highest BCUT2D eigenvalue weighted by atomic mass is 35.5. The molecule has 0 saturated heterocycles. The van der Waals surface area contributed by atoms with Crippen molar-refractivity contribution in [3.63, 3.8) is 0 Å².